The highest BCUT2D eigenvalue weighted by Crippen LogP contribution is 2.08. The summed E-state index contributed by atoms with van der Waals surface area (Å²) in [6.45, 7) is 5.32. The Morgan fingerprint density at radius 2 is 1.68 bits per heavy atom. The molecule has 0 radical (unpaired) electrons. The minimum Gasteiger partial charge on any atom is -0.491 e. The van der Waals surface area contributed by atoms with Gasteiger partial charge in [0, 0.05) is 13.1 Å². The third-order valence-electron chi connectivity index (χ3n) is 2.69. The van der Waals surface area contributed by atoms with Gasteiger partial charge in [-0.1, -0.05) is 32.0 Å². The van der Waals surface area contributed by atoms with Gasteiger partial charge < -0.3 is 20.3 Å². The molecule has 0 spiro atoms. The van der Waals surface area contributed by atoms with Crippen LogP contribution in [0.1, 0.15) is 20.3 Å². The minimum atomic E-state index is -0.577. The van der Waals surface area contributed by atoms with Gasteiger partial charge in [0.2, 0.25) is 0 Å². The smallest absolute Gasteiger partial charge is 0.119 e. The van der Waals surface area contributed by atoms with Crippen LogP contribution >= 0.6 is 0 Å². The van der Waals surface area contributed by atoms with Crippen molar-refractivity contribution >= 4 is 0 Å². The van der Waals surface area contributed by atoms with Crippen molar-refractivity contribution in [2.75, 3.05) is 19.7 Å². The monoisotopic (exact) mass is 267 g/mol. The molecular weight excluding hydrogens is 242 g/mol. The fraction of sp³-hybridized carbons (Fsp3) is 0.600. The van der Waals surface area contributed by atoms with Gasteiger partial charge in [0.15, 0.2) is 0 Å². The van der Waals surface area contributed by atoms with Gasteiger partial charge in [-0.05, 0) is 24.5 Å². The van der Waals surface area contributed by atoms with Crippen molar-refractivity contribution in [2.45, 2.75) is 32.5 Å². The number of ether oxygens (including phenoxy) is 1. The minimum absolute atomic E-state index is 0.247. The highest BCUT2D eigenvalue weighted by molar-refractivity contribution is 5.20. The highest BCUT2D eigenvalue weighted by Gasteiger charge is 2.09. The van der Waals surface area contributed by atoms with E-state index in [4.69, 9.17) is 4.74 Å². The Morgan fingerprint density at radius 1 is 1.05 bits per heavy atom. The third-order valence-corrected chi connectivity index (χ3v) is 2.69. The average molecular weight is 267 g/mol. The van der Waals surface area contributed by atoms with Crippen LogP contribution in [-0.2, 0) is 0 Å². The van der Waals surface area contributed by atoms with Crippen molar-refractivity contribution in [2.24, 2.45) is 5.92 Å². The summed E-state index contributed by atoms with van der Waals surface area (Å²) in [4.78, 5) is 0. The Labute approximate surface area is 115 Å². The van der Waals surface area contributed by atoms with E-state index in [1.165, 1.54) is 0 Å². The standard InChI is InChI=1S/C15H25NO3/c1-12(2)8-13(17)9-16-10-14(18)11-19-15-6-4-3-5-7-15/h3-7,12-14,16-18H,8-11H2,1-2H3. The molecule has 0 heterocycles. The van der Waals surface area contributed by atoms with Crippen molar-refractivity contribution in [1.29, 1.82) is 0 Å². The van der Waals surface area contributed by atoms with E-state index in [0.29, 0.717) is 19.0 Å². The highest BCUT2D eigenvalue weighted by atomic mass is 16.5. The Hall–Kier alpha value is -1.10. The first-order valence-corrected chi connectivity index (χ1v) is 6.82. The van der Waals surface area contributed by atoms with E-state index in [0.717, 1.165) is 12.2 Å². The SMILES string of the molecule is CC(C)CC(O)CNCC(O)COc1ccccc1. The number of hydrogen-bond donors (Lipinski definition) is 3. The Bertz CT molecular complexity index is 329. The van der Waals surface area contributed by atoms with E-state index in [-0.39, 0.29) is 12.7 Å². The molecule has 0 aromatic heterocycles. The van der Waals surface area contributed by atoms with Crippen LogP contribution in [0, 0.1) is 5.92 Å². The molecule has 0 aliphatic carbocycles. The molecule has 19 heavy (non-hydrogen) atoms. The average Bonchev–Trinajstić information content (AvgIpc) is 2.36. The van der Waals surface area contributed by atoms with E-state index in [2.05, 4.69) is 19.2 Å². The molecule has 0 amide bonds. The van der Waals surface area contributed by atoms with Crippen LogP contribution in [0.15, 0.2) is 30.3 Å². The lowest BCUT2D eigenvalue weighted by atomic mass is 10.1. The number of aliphatic hydroxyl groups excluding tert-OH is 2. The van der Waals surface area contributed by atoms with Gasteiger partial charge in [-0.3, -0.25) is 0 Å². The van der Waals surface area contributed by atoms with Crippen LogP contribution in [-0.4, -0.2) is 42.1 Å². The van der Waals surface area contributed by atoms with Crippen LogP contribution in [0.5, 0.6) is 5.75 Å². The molecule has 108 valence electrons. The van der Waals surface area contributed by atoms with Crippen molar-refractivity contribution < 1.29 is 14.9 Å². The fourth-order valence-electron chi connectivity index (χ4n) is 1.81. The zero-order valence-electron chi connectivity index (χ0n) is 11.7. The van der Waals surface area contributed by atoms with Crippen LogP contribution in [0.4, 0.5) is 0 Å². The zero-order chi connectivity index (χ0) is 14.1. The van der Waals surface area contributed by atoms with Gasteiger partial charge in [-0.2, -0.15) is 0 Å². The van der Waals surface area contributed by atoms with E-state index in [9.17, 15) is 10.2 Å². The predicted molar refractivity (Wildman–Crippen MR) is 76.3 cm³/mol. The molecule has 3 N–H and O–H groups in total. The van der Waals surface area contributed by atoms with Crippen molar-refractivity contribution in [3.63, 3.8) is 0 Å². The summed E-state index contributed by atoms with van der Waals surface area (Å²) in [5.41, 5.74) is 0. The lowest BCUT2D eigenvalue weighted by molar-refractivity contribution is 0.0966. The summed E-state index contributed by atoms with van der Waals surface area (Å²) in [5, 5.41) is 22.4. The first-order valence-electron chi connectivity index (χ1n) is 6.82. The van der Waals surface area contributed by atoms with Gasteiger partial charge in [-0.15, -0.1) is 0 Å². The Morgan fingerprint density at radius 3 is 2.32 bits per heavy atom. The molecule has 1 rings (SSSR count). The molecule has 0 saturated carbocycles. The molecule has 1 aromatic carbocycles. The largest absolute Gasteiger partial charge is 0.491 e. The number of para-hydroxylation sites is 1. The van der Waals surface area contributed by atoms with E-state index in [1.807, 2.05) is 30.3 Å². The number of aliphatic hydroxyl groups is 2. The molecule has 2 atom stereocenters. The van der Waals surface area contributed by atoms with Crippen LogP contribution in [0.2, 0.25) is 0 Å². The Kier molecular flexibility index (Phi) is 7.48. The number of nitrogens with one attached hydrogen (secondary N) is 1. The summed E-state index contributed by atoms with van der Waals surface area (Å²) in [6, 6.07) is 9.41. The summed E-state index contributed by atoms with van der Waals surface area (Å²) in [7, 11) is 0. The maximum atomic E-state index is 9.74. The summed E-state index contributed by atoms with van der Waals surface area (Å²) in [5.74, 6) is 1.23. The molecule has 0 saturated heterocycles. The Balaban J connectivity index is 2.09. The van der Waals surface area contributed by atoms with Crippen molar-refractivity contribution in [3.05, 3.63) is 30.3 Å². The molecule has 4 heteroatoms. The maximum Gasteiger partial charge on any atom is 0.119 e. The van der Waals surface area contributed by atoms with Gasteiger partial charge in [0.25, 0.3) is 0 Å². The molecule has 2 unspecified atom stereocenters. The lowest BCUT2D eigenvalue weighted by Gasteiger charge is -2.16. The molecule has 4 nitrogen and oxygen atoms in total. The molecular formula is C15H25NO3. The van der Waals surface area contributed by atoms with E-state index >= 15 is 0 Å². The van der Waals surface area contributed by atoms with Gasteiger partial charge in [-0.25, -0.2) is 0 Å². The number of hydrogen-bond acceptors (Lipinski definition) is 4. The molecule has 0 fully saturated rings. The van der Waals surface area contributed by atoms with Crippen LogP contribution < -0.4 is 10.1 Å². The second-order valence-electron chi connectivity index (χ2n) is 5.22. The topological polar surface area (TPSA) is 61.7 Å². The molecule has 1 aromatic rings. The summed E-state index contributed by atoms with van der Waals surface area (Å²) >= 11 is 0. The van der Waals surface area contributed by atoms with E-state index in [1.54, 1.807) is 0 Å². The second kappa shape index (κ2) is 8.91. The van der Waals surface area contributed by atoms with Crippen molar-refractivity contribution in [3.8, 4) is 5.75 Å². The number of benzene rings is 1. The maximum absolute atomic E-state index is 9.74. The van der Waals surface area contributed by atoms with Crippen LogP contribution in [0.25, 0.3) is 0 Å². The number of rotatable bonds is 9. The zero-order valence-corrected chi connectivity index (χ0v) is 11.7. The molecule has 0 aliphatic rings. The first kappa shape index (κ1) is 16.0. The van der Waals surface area contributed by atoms with Gasteiger partial charge in [0.1, 0.15) is 18.5 Å². The summed E-state index contributed by atoms with van der Waals surface area (Å²) in [6.07, 6.45) is -0.169. The summed E-state index contributed by atoms with van der Waals surface area (Å²) < 4.78 is 5.44. The fourth-order valence-corrected chi connectivity index (χ4v) is 1.81. The van der Waals surface area contributed by atoms with Crippen LogP contribution in [0.3, 0.4) is 0 Å². The van der Waals surface area contributed by atoms with Gasteiger partial charge >= 0.3 is 0 Å². The van der Waals surface area contributed by atoms with Crippen molar-refractivity contribution in [1.82, 2.24) is 5.32 Å². The predicted octanol–water partition coefficient (Wildman–Crippen LogP) is 1.42. The van der Waals surface area contributed by atoms with Gasteiger partial charge in [0.05, 0.1) is 6.10 Å². The van der Waals surface area contributed by atoms with E-state index < -0.39 is 6.10 Å². The quantitative estimate of drug-likeness (QED) is 0.633. The first-order chi connectivity index (χ1) is 9.08. The third kappa shape index (κ3) is 7.82. The molecule has 0 bridgehead atoms. The molecule has 0 aliphatic heterocycles. The second-order valence-corrected chi connectivity index (χ2v) is 5.22. The lowest BCUT2D eigenvalue weighted by Crippen LogP contribution is -2.36. The normalized spacial score (nSPS) is 14.4.